The normalized spacial score (nSPS) is 22.4. The maximum atomic E-state index is 5.75. The molecule has 1 fully saturated rings. The highest BCUT2D eigenvalue weighted by atomic mass is 127. The smallest absolute Gasteiger partial charge is 0.191 e. The zero-order chi connectivity index (χ0) is 13.7. The summed E-state index contributed by atoms with van der Waals surface area (Å²) in [5.74, 6) is 0.819. The van der Waals surface area contributed by atoms with E-state index in [1.165, 1.54) is 5.56 Å². The van der Waals surface area contributed by atoms with Gasteiger partial charge in [-0.15, -0.1) is 35.3 Å². The van der Waals surface area contributed by atoms with E-state index >= 15 is 0 Å². The summed E-state index contributed by atoms with van der Waals surface area (Å²) in [5, 5.41) is 8.77. The van der Waals surface area contributed by atoms with Crippen molar-refractivity contribution in [1.82, 2.24) is 10.6 Å². The Hall–Kier alpha value is 0.140. The second kappa shape index (κ2) is 8.55. The maximum Gasteiger partial charge on any atom is 0.191 e. The van der Waals surface area contributed by atoms with Crippen molar-refractivity contribution in [3.8, 4) is 0 Å². The van der Waals surface area contributed by atoms with Crippen LogP contribution in [0.3, 0.4) is 0 Å². The summed E-state index contributed by atoms with van der Waals surface area (Å²) in [6, 6.07) is 2.12. The van der Waals surface area contributed by atoms with E-state index in [0.29, 0.717) is 0 Å². The molecule has 2 heterocycles. The second-order valence-electron chi connectivity index (χ2n) is 4.94. The minimum absolute atomic E-state index is 0. The molecule has 0 amide bonds. The first-order valence-electron chi connectivity index (χ1n) is 6.43. The number of ether oxygens (including phenoxy) is 1. The molecule has 2 N–H and O–H groups in total. The number of halogens is 2. The monoisotopic (exact) mass is 473 g/mol. The van der Waals surface area contributed by atoms with Gasteiger partial charge in [-0.1, -0.05) is 0 Å². The number of nitrogens with one attached hydrogen (secondary N) is 2. The Morgan fingerprint density at radius 1 is 1.55 bits per heavy atom. The predicted molar refractivity (Wildman–Crippen MR) is 99.2 cm³/mol. The van der Waals surface area contributed by atoms with Gasteiger partial charge >= 0.3 is 0 Å². The average molecular weight is 474 g/mol. The molecular weight excluding hydrogens is 453 g/mol. The minimum atomic E-state index is -0.0526. The molecule has 1 aromatic heterocycles. The molecule has 1 aliphatic rings. The molecule has 114 valence electrons. The molecule has 20 heavy (non-hydrogen) atoms. The number of guanidine groups is 1. The molecule has 0 aromatic carbocycles. The van der Waals surface area contributed by atoms with Gasteiger partial charge in [-0.05, 0) is 52.7 Å². The molecular formula is C13H21BrIN3OS. The molecule has 1 aliphatic heterocycles. The first-order valence-corrected chi connectivity index (χ1v) is 8.10. The SMILES string of the molecule is CN=C(NCc1csc(Br)c1)NCC1(C)CCCO1.I. The van der Waals surface area contributed by atoms with Crippen molar-refractivity contribution in [1.29, 1.82) is 0 Å². The lowest BCUT2D eigenvalue weighted by Crippen LogP contribution is -2.45. The van der Waals surface area contributed by atoms with E-state index in [1.807, 2.05) is 0 Å². The summed E-state index contributed by atoms with van der Waals surface area (Å²) < 4.78 is 6.90. The molecule has 0 spiro atoms. The molecule has 1 aromatic rings. The van der Waals surface area contributed by atoms with E-state index in [0.717, 1.165) is 42.3 Å². The fraction of sp³-hybridized carbons (Fsp3) is 0.615. The van der Waals surface area contributed by atoms with Gasteiger partial charge in [0, 0.05) is 26.7 Å². The molecule has 0 aliphatic carbocycles. The quantitative estimate of drug-likeness (QED) is 0.400. The van der Waals surface area contributed by atoms with Gasteiger partial charge in [-0.2, -0.15) is 0 Å². The number of aliphatic imine (C=N–C) groups is 1. The second-order valence-corrected chi connectivity index (χ2v) is 7.23. The van der Waals surface area contributed by atoms with Crippen molar-refractivity contribution in [3.63, 3.8) is 0 Å². The topological polar surface area (TPSA) is 45.7 Å². The number of hydrogen-bond donors (Lipinski definition) is 2. The van der Waals surface area contributed by atoms with Gasteiger partial charge in [0.2, 0.25) is 0 Å². The van der Waals surface area contributed by atoms with Gasteiger partial charge < -0.3 is 15.4 Å². The lowest BCUT2D eigenvalue weighted by Gasteiger charge is -2.24. The molecule has 4 nitrogen and oxygen atoms in total. The summed E-state index contributed by atoms with van der Waals surface area (Å²) in [7, 11) is 1.79. The van der Waals surface area contributed by atoms with Crippen LogP contribution in [0, 0.1) is 0 Å². The van der Waals surface area contributed by atoms with E-state index in [9.17, 15) is 0 Å². The molecule has 1 saturated heterocycles. The van der Waals surface area contributed by atoms with Gasteiger partial charge in [-0.3, -0.25) is 4.99 Å². The fourth-order valence-electron chi connectivity index (χ4n) is 2.09. The molecule has 7 heteroatoms. The zero-order valence-electron chi connectivity index (χ0n) is 11.7. The van der Waals surface area contributed by atoms with E-state index < -0.39 is 0 Å². The van der Waals surface area contributed by atoms with Crippen LogP contribution in [0.15, 0.2) is 20.2 Å². The third-order valence-electron chi connectivity index (χ3n) is 3.24. The van der Waals surface area contributed by atoms with Crippen molar-refractivity contribution < 1.29 is 4.74 Å². The lowest BCUT2D eigenvalue weighted by molar-refractivity contribution is 0.0243. The largest absolute Gasteiger partial charge is 0.373 e. The summed E-state index contributed by atoms with van der Waals surface area (Å²) in [6.07, 6.45) is 2.25. The van der Waals surface area contributed by atoms with E-state index in [-0.39, 0.29) is 29.6 Å². The minimum Gasteiger partial charge on any atom is -0.373 e. The summed E-state index contributed by atoms with van der Waals surface area (Å²) >= 11 is 5.16. The van der Waals surface area contributed by atoms with Crippen LogP contribution >= 0.6 is 51.2 Å². The van der Waals surface area contributed by atoms with Crippen LogP contribution in [0.25, 0.3) is 0 Å². The highest BCUT2D eigenvalue weighted by Crippen LogP contribution is 2.23. The molecule has 0 radical (unpaired) electrons. The van der Waals surface area contributed by atoms with Crippen molar-refractivity contribution in [2.45, 2.75) is 31.9 Å². The van der Waals surface area contributed by atoms with Crippen LogP contribution in [0.1, 0.15) is 25.3 Å². The number of rotatable bonds is 4. The molecule has 0 saturated carbocycles. The lowest BCUT2D eigenvalue weighted by atomic mass is 10.0. The van der Waals surface area contributed by atoms with E-state index in [4.69, 9.17) is 4.74 Å². The number of thiophene rings is 1. The fourth-order valence-corrected chi connectivity index (χ4v) is 3.30. The Kier molecular flexibility index (Phi) is 7.78. The Labute approximate surface area is 149 Å². The van der Waals surface area contributed by atoms with Crippen molar-refractivity contribution in [3.05, 3.63) is 20.8 Å². The van der Waals surface area contributed by atoms with E-state index in [1.54, 1.807) is 18.4 Å². The number of nitrogens with zero attached hydrogens (tertiary/aromatic N) is 1. The predicted octanol–water partition coefficient (Wildman–Crippen LogP) is 3.36. The van der Waals surface area contributed by atoms with Crippen LogP contribution in [-0.4, -0.2) is 31.8 Å². The van der Waals surface area contributed by atoms with E-state index in [2.05, 4.69) is 49.9 Å². The average Bonchev–Trinajstić information content (AvgIpc) is 2.99. The molecule has 1 unspecified atom stereocenters. The summed E-state index contributed by atoms with van der Waals surface area (Å²) in [4.78, 5) is 4.23. The van der Waals surface area contributed by atoms with Gasteiger partial charge in [-0.25, -0.2) is 0 Å². The van der Waals surface area contributed by atoms with Crippen molar-refractivity contribution in [2.75, 3.05) is 20.2 Å². The van der Waals surface area contributed by atoms with Gasteiger partial charge in [0.25, 0.3) is 0 Å². The molecule has 2 rings (SSSR count). The van der Waals surface area contributed by atoms with Crippen molar-refractivity contribution >= 4 is 57.2 Å². The van der Waals surface area contributed by atoms with Gasteiger partial charge in [0.1, 0.15) is 0 Å². The summed E-state index contributed by atoms with van der Waals surface area (Å²) in [5.41, 5.74) is 1.20. The third kappa shape index (κ3) is 5.50. The standard InChI is InChI=1S/C13H20BrN3OS.HI/c1-13(4-3-5-18-13)9-17-12(15-2)16-7-10-6-11(14)19-8-10;/h6,8H,3-5,7,9H2,1-2H3,(H2,15,16,17);1H. The van der Waals surface area contributed by atoms with Gasteiger partial charge in [0.15, 0.2) is 5.96 Å². The first-order chi connectivity index (χ1) is 9.11. The molecule has 0 bridgehead atoms. The Bertz CT molecular complexity index is 447. The van der Waals surface area contributed by atoms with Crippen LogP contribution < -0.4 is 10.6 Å². The highest BCUT2D eigenvalue weighted by Gasteiger charge is 2.29. The van der Waals surface area contributed by atoms with Crippen LogP contribution in [0.4, 0.5) is 0 Å². The highest BCUT2D eigenvalue weighted by molar-refractivity contribution is 14.0. The van der Waals surface area contributed by atoms with Crippen LogP contribution in [0.2, 0.25) is 0 Å². The third-order valence-corrected chi connectivity index (χ3v) is 4.79. The van der Waals surface area contributed by atoms with Crippen LogP contribution in [-0.2, 0) is 11.3 Å². The summed E-state index contributed by atoms with van der Waals surface area (Å²) in [6.45, 7) is 4.59. The van der Waals surface area contributed by atoms with Crippen LogP contribution in [0.5, 0.6) is 0 Å². The Morgan fingerprint density at radius 2 is 2.35 bits per heavy atom. The van der Waals surface area contributed by atoms with Crippen molar-refractivity contribution in [2.24, 2.45) is 4.99 Å². The van der Waals surface area contributed by atoms with Gasteiger partial charge in [0.05, 0.1) is 9.39 Å². The molecule has 1 atom stereocenters. The first kappa shape index (κ1) is 18.2. The number of hydrogen-bond acceptors (Lipinski definition) is 3. The Morgan fingerprint density at radius 3 is 2.90 bits per heavy atom. The maximum absolute atomic E-state index is 5.75. The zero-order valence-corrected chi connectivity index (χ0v) is 16.5. The Balaban J connectivity index is 0.00000200.